The van der Waals surface area contributed by atoms with E-state index < -0.39 is 23.8 Å². The SMILES string of the molecule is CCOC(=O)COc1ccc(/C=C2/C(=O)NC(=O)N(c3ccc(C)cc3)C2=O)cc1OC. The van der Waals surface area contributed by atoms with E-state index in [0.717, 1.165) is 10.5 Å². The van der Waals surface area contributed by atoms with Gasteiger partial charge < -0.3 is 14.2 Å². The Morgan fingerprint density at radius 2 is 1.78 bits per heavy atom. The lowest BCUT2D eigenvalue weighted by Gasteiger charge is -2.26. The van der Waals surface area contributed by atoms with Crippen molar-refractivity contribution in [3.8, 4) is 11.5 Å². The molecule has 0 bridgehead atoms. The lowest BCUT2D eigenvalue weighted by atomic mass is 10.1. The van der Waals surface area contributed by atoms with Gasteiger partial charge in [-0.25, -0.2) is 14.5 Å². The Bertz CT molecular complexity index is 1090. The first-order valence-corrected chi connectivity index (χ1v) is 9.78. The molecule has 166 valence electrons. The van der Waals surface area contributed by atoms with E-state index in [1.54, 1.807) is 49.4 Å². The maximum absolute atomic E-state index is 13.0. The molecule has 1 saturated heterocycles. The molecule has 4 amide bonds. The smallest absolute Gasteiger partial charge is 0.344 e. The van der Waals surface area contributed by atoms with Crippen molar-refractivity contribution in [3.63, 3.8) is 0 Å². The molecule has 32 heavy (non-hydrogen) atoms. The second-order valence-electron chi connectivity index (χ2n) is 6.80. The van der Waals surface area contributed by atoms with Crippen LogP contribution in [0.2, 0.25) is 0 Å². The summed E-state index contributed by atoms with van der Waals surface area (Å²) in [6.45, 7) is 3.52. The summed E-state index contributed by atoms with van der Waals surface area (Å²) in [6.07, 6.45) is 1.35. The van der Waals surface area contributed by atoms with Crippen LogP contribution in [0.3, 0.4) is 0 Å². The number of ether oxygens (including phenoxy) is 3. The highest BCUT2D eigenvalue weighted by Crippen LogP contribution is 2.30. The standard InChI is InChI=1S/C23H22N2O7/c1-4-31-20(26)13-32-18-10-7-15(12-19(18)30-3)11-17-21(27)24-23(29)25(22(17)28)16-8-5-14(2)6-9-16/h5-12H,4,13H2,1-3H3,(H,24,27,29)/b17-11-. The van der Waals surface area contributed by atoms with Crippen molar-refractivity contribution in [2.75, 3.05) is 25.2 Å². The third-order valence-electron chi connectivity index (χ3n) is 4.54. The third kappa shape index (κ3) is 4.94. The van der Waals surface area contributed by atoms with Gasteiger partial charge in [-0.2, -0.15) is 0 Å². The minimum atomic E-state index is -0.818. The zero-order chi connectivity index (χ0) is 23.3. The summed E-state index contributed by atoms with van der Waals surface area (Å²) in [4.78, 5) is 50.0. The summed E-state index contributed by atoms with van der Waals surface area (Å²) < 4.78 is 15.5. The van der Waals surface area contributed by atoms with Gasteiger partial charge >= 0.3 is 12.0 Å². The molecule has 0 radical (unpaired) electrons. The minimum Gasteiger partial charge on any atom is -0.493 e. The number of imide groups is 2. The highest BCUT2D eigenvalue weighted by Gasteiger charge is 2.36. The molecule has 0 aliphatic carbocycles. The third-order valence-corrected chi connectivity index (χ3v) is 4.54. The highest BCUT2D eigenvalue weighted by atomic mass is 16.6. The fraction of sp³-hybridized carbons (Fsp3) is 0.217. The number of hydrogen-bond donors (Lipinski definition) is 1. The molecule has 1 aliphatic heterocycles. The molecule has 0 saturated carbocycles. The van der Waals surface area contributed by atoms with Gasteiger partial charge in [0.25, 0.3) is 11.8 Å². The summed E-state index contributed by atoms with van der Waals surface area (Å²) in [6, 6.07) is 10.6. The number of nitrogens with zero attached hydrogens (tertiary/aromatic N) is 1. The van der Waals surface area contributed by atoms with Crippen molar-refractivity contribution in [1.82, 2.24) is 5.32 Å². The molecule has 2 aromatic rings. The van der Waals surface area contributed by atoms with E-state index in [-0.39, 0.29) is 18.8 Å². The van der Waals surface area contributed by atoms with Gasteiger partial charge in [-0.05, 0) is 49.8 Å². The van der Waals surface area contributed by atoms with E-state index in [1.165, 1.54) is 13.2 Å². The largest absolute Gasteiger partial charge is 0.493 e. The zero-order valence-electron chi connectivity index (χ0n) is 17.8. The van der Waals surface area contributed by atoms with Crippen LogP contribution >= 0.6 is 0 Å². The predicted molar refractivity (Wildman–Crippen MR) is 115 cm³/mol. The second-order valence-corrected chi connectivity index (χ2v) is 6.80. The van der Waals surface area contributed by atoms with E-state index in [0.29, 0.717) is 22.7 Å². The first-order chi connectivity index (χ1) is 15.3. The number of hydrogen-bond acceptors (Lipinski definition) is 7. The summed E-state index contributed by atoms with van der Waals surface area (Å²) in [5.41, 5.74) is 1.55. The number of aryl methyl sites for hydroxylation is 1. The van der Waals surface area contributed by atoms with Crippen LogP contribution in [0.25, 0.3) is 6.08 Å². The molecule has 1 fully saturated rings. The number of anilines is 1. The van der Waals surface area contributed by atoms with Crippen LogP contribution < -0.4 is 19.7 Å². The maximum Gasteiger partial charge on any atom is 0.344 e. The number of esters is 1. The monoisotopic (exact) mass is 438 g/mol. The molecule has 0 aromatic heterocycles. The van der Waals surface area contributed by atoms with Crippen LogP contribution in [-0.2, 0) is 19.1 Å². The summed E-state index contributed by atoms with van der Waals surface area (Å²) >= 11 is 0. The number of amides is 4. The maximum atomic E-state index is 13.0. The molecule has 9 nitrogen and oxygen atoms in total. The Hall–Kier alpha value is -4.14. The Morgan fingerprint density at radius 3 is 2.44 bits per heavy atom. The van der Waals surface area contributed by atoms with E-state index in [2.05, 4.69) is 5.32 Å². The van der Waals surface area contributed by atoms with Crippen molar-refractivity contribution >= 4 is 35.6 Å². The van der Waals surface area contributed by atoms with E-state index in [1.807, 2.05) is 6.92 Å². The molecule has 0 spiro atoms. The minimum absolute atomic E-state index is 0.215. The Kier molecular flexibility index (Phi) is 6.89. The van der Waals surface area contributed by atoms with Crippen LogP contribution in [0.5, 0.6) is 11.5 Å². The van der Waals surface area contributed by atoms with Crippen molar-refractivity contribution in [2.45, 2.75) is 13.8 Å². The van der Waals surface area contributed by atoms with Crippen molar-refractivity contribution in [2.24, 2.45) is 0 Å². The predicted octanol–water partition coefficient (Wildman–Crippen LogP) is 2.61. The zero-order valence-corrected chi connectivity index (χ0v) is 17.8. The number of methoxy groups -OCH3 is 1. The van der Waals surface area contributed by atoms with Crippen molar-refractivity contribution in [3.05, 3.63) is 59.2 Å². The fourth-order valence-corrected chi connectivity index (χ4v) is 2.98. The molecule has 1 heterocycles. The number of carbonyl (C=O) groups excluding carboxylic acids is 4. The Balaban J connectivity index is 1.87. The topological polar surface area (TPSA) is 111 Å². The van der Waals surface area contributed by atoms with Gasteiger partial charge in [-0.1, -0.05) is 23.8 Å². The van der Waals surface area contributed by atoms with Crippen LogP contribution in [-0.4, -0.2) is 44.1 Å². The molecule has 0 atom stereocenters. The normalized spacial score (nSPS) is 14.9. The van der Waals surface area contributed by atoms with Crippen molar-refractivity contribution < 1.29 is 33.4 Å². The van der Waals surface area contributed by atoms with Gasteiger partial charge in [-0.15, -0.1) is 0 Å². The first-order valence-electron chi connectivity index (χ1n) is 9.78. The number of nitrogens with one attached hydrogen (secondary N) is 1. The van der Waals surface area contributed by atoms with Gasteiger partial charge in [-0.3, -0.25) is 14.9 Å². The molecule has 0 unspecified atom stereocenters. The Morgan fingerprint density at radius 1 is 1.06 bits per heavy atom. The van der Waals surface area contributed by atoms with E-state index >= 15 is 0 Å². The number of rotatable bonds is 7. The van der Waals surface area contributed by atoms with Crippen LogP contribution in [0.1, 0.15) is 18.1 Å². The lowest BCUT2D eigenvalue weighted by Crippen LogP contribution is -2.54. The van der Waals surface area contributed by atoms with Gasteiger partial charge in [0, 0.05) is 0 Å². The van der Waals surface area contributed by atoms with Crippen LogP contribution in [0.15, 0.2) is 48.0 Å². The lowest BCUT2D eigenvalue weighted by molar-refractivity contribution is -0.145. The second kappa shape index (κ2) is 9.78. The molecule has 1 N–H and O–H groups in total. The van der Waals surface area contributed by atoms with Gasteiger partial charge in [0.15, 0.2) is 18.1 Å². The Labute approximate surface area is 184 Å². The fourth-order valence-electron chi connectivity index (χ4n) is 2.98. The number of barbiturate groups is 1. The average Bonchev–Trinajstić information content (AvgIpc) is 2.77. The number of benzene rings is 2. The van der Waals surface area contributed by atoms with Gasteiger partial charge in [0.1, 0.15) is 5.57 Å². The van der Waals surface area contributed by atoms with E-state index in [4.69, 9.17) is 14.2 Å². The summed E-state index contributed by atoms with van der Waals surface area (Å²) in [5, 5.41) is 2.18. The molecule has 1 aliphatic rings. The summed E-state index contributed by atoms with van der Waals surface area (Å²) in [5.74, 6) is -1.49. The first kappa shape index (κ1) is 22.5. The molecule has 9 heteroatoms. The summed E-state index contributed by atoms with van der Waals surface area (Å²) in [7, 11) is 1.42. The van der Waals surface area contributed by atoms with Crippen LogP contribution in [0, 0.1) is 6.92 Å². The highest BCUT2D eigenvalue weighted by molar-refractivity contribution is 6.39. The van der Waals surface area contributed by atoms with Gasteiger partial charge in [0.2, 0.25) is 0 Å². The molecular weight excluding hydrogens is 416 g/mol. The quantitative estimate of drug-likeness (QED) is 0.402. The van der Waals surface area contributed by atoms with Crippen molar-refractivity contribution in [1.29, 1.82) is 0 Å². The molecule has 2 aromatic carbocycles. The van der Waals surface area contributed by atoms with Gasteiger partial charge in [0.05, 0.1) is 19.4 Å². The average molecular weight is 438 g/mol. The van der Waals surface area contributed by atoms with Crippen LogP contribution in [0.4, 0.5) is 10.5 Å². The number of urea groups is 1. The molecular formula is C23H22N2O7. The van der Waals surface area contributed by atoms with E-state index in [9.17, 15) is 19.2 Å². The molecule has 3 rings (SSSR count). The number of carbonyl (C=O) groups is 4.